The lowest BCUT2D eigenvalue weighted by atomic mass is 9.68. The van der Waals surface area contributed by atoms with Crippen molar-refractivity contribution in [3.8, 4) is 12.1 Å². The first kappa shape index (κ1) is 16.8. The predicted octanol–water partition coefficient (Wildman–Crippen LogP) is 2.84. The van der Waals surface area contributed by atoms with Crippen LogP contribution in [-0.4, -0.2) is 16.8 Å². The van der Waals surface area contributed by atoms with Gasteiger partial charge in [-0.15, -0.1) is 0 Å². The molecule has 1 saturated heterocycles. The molecule has 4 rings (SSSR count). The lowest BCUT2D eigenvalue weighted by Crippen LogP contribution is -2.42. The number of nitriles is 2. The molecule has 27 heavy (non-hydrogen) atoms. The molecule has 132 valence electrons. The second kappa shape index (κ2) is 5.96. The Morgan fingerprint density at radius 3 is 2.33 bits per heavy atom. The van der Waals surface area contributed by atoms with Gasteiger partial charge in [-0.05, 0) is 28.8 Å². The van der Waals surface area contributed by atoms with E-state index in [1.165, 1.54) is 18.2 Å². The minimum Gasteiger partial charge on any atom is -0.368 e. The van der Waals surface area contributed by atoms with Crippen molar-refractivity contribution in [1.29, 1.82) is 10.5 Å². The third kappa shape index (κ3) is 2.17. The number of benzene rings is 2. The average molecular weight is 358 g/mol. The summed E-state index contributed by atoms with van der Waals surface area (Å²) in [7, 11) is 0. The number of nitrogens with zero attached hydrogens (tertiary/aromatic N) is 3. The van der Waals surface area contributed by atoms with E-state index < -0.39 is 35.1 Å². The summed E-state index contributed by atoms with van der Waals surface area (Å²) in [5, 5.41) is 20.2. The third-order valence-electron chi connectivity index (χ3n) is 5.48. The number of halogens is 1. The average Bonchev–Trinajstić information content (AvgIpc) is 2.99. The lowest BCUT2D eigenvalue weighted by Gasteiger charge is -2.34. The van der Waals surface area contributed by atoms with Gasteiger partial charge in [0.25, 0.3) is 0 Å². The maximum Gasteiger partial charge on any atom is 0.240 e. The van der Waals surface area contributed by atoms with Gasteiger partial charge in [-0.25, -0.2) is 4.39 Å². The lowest BCUT2D eigenvalue weighted by molar-refractivity contribution is -0.122. The van der Waals surface area contributed by atoms with Crippen LogP contribution < -0.4 is 5.73 Å². The molecule has 1 amide bonds. The first-order valence-electron chi connectivity index (χ1n) is 8.46. The highest BCUT2D eigenvalue weighted by atomic mass is 19.1. The maximum absolute atomic E-state index is 14.7. The Kier molecular flexibility index (Phi) is 3.71. The molecule has 2 N–H and O–H groups in total. The van der Waals surface area contributed by atoms with Crippen LogP contribution >= 0.6 is 0 Å². The zero-order valence-corrected chi connectivity index (χ0v) is 14.2. The molecule has 1 fully saturated rings. The minimum atomic E-state index is -1.68. The molecule has 3 unspecified atom stereocenters. The molecule has 5 nitrogen and oxygen atoms in total. The van der Waals surface area contributed by atoms with Gasteiger partial charge in [0.1, 0.15) is 11.9 Å². The second-order valence-corrected chi connectivity index (χ2v) is 6.73. The summed E-state index contributed by atoms with van der Waals surface area (Å²) in [4.78, 5) is 14.0. The van der Waals surface area contributed by atoms with E-state index in [1.807, 2.05) is 30.3 Å². The van der Waals surface area contributed by atoms with E-state index in [4.69, 9.17) is 5.73 Å². The van der Waals surface area contributed by atoms with E-state index >= 15 is 0 Å². The summed E-state index contributed by atoms with van der Waals surface area (Å²) in [5.74, 6) is -2.29. The molecule has 6 heteroatoms. The Balaban J connectivity index is 2.04. The van der Waals surface area contributed by atoms with Crippen LogP contribution in [0, 0.1) is 33.9 Å². The number of rotatable bonds is 2. The first-order valence-corrected chi connectivity index (χ1v) is 8.46. The molecule has 0 saturated carbocycles. The molecule has 2 aliphatic heterocycles. The van der Waals surface area contributed by atoms with Gasteiger partial charge in [0.2, 0.25) is 5.91 Å². The molecule has 2 aromatic rings. The maximum atomic E-state index is 14.7. The molecular formula is C21H15FN4O. The van der Waals surface area contributed by atoms with Gasteiger partial charge < -0.3 is 10.6 Å². The van der Waals surface area contributed by atoms with Gasteiger partial charge in [0.15, 0.2) is 5.41 Å². The summed E-state index contributed by atoms with van der Waals surface area (Å²) >= 11 is 0. The van der Waals surface area contributed by atoms with E-state index in [2.05, 4.69) is 12.1 Å². The highest BCUT2D eigenvalue weighted by Gasteiger charge is 2.64. The third-order valence-corrected chi connectivity index (χ3v) is 5.48. The Bertz CT molecular complexity index is 1030. The number of hydrogen-bond donors (Lipinski definition) is 1. The molecule has 2 aliphatic rings. The number of primary amides is 1. The Labute approximate surface area is 155 Å². The summed E-state index contributed by atoms with van der Waals surface area (Å²) in [6.45, 7) is 0. The van der Waals surface area contributed by atoms with Gasteiger partial charge in [-0.2, -0.15) is 10.5 Å². The van der Waals surface area contributed by atoms with Gasteiger partial charge in [-0.3, -0.25) is 4.79 Å². The summed E-state index contributed by atoms with van der Waals surface area (Å²) < 4.78 is 14.7. The quantitative estimate of drug-likeness (QED) is 0.893. The molecular weight excluding hydrogens is 343 g/mol. The highest BCUT2D eigenvalue weighted by Crippen LogP contribution is 2.59. The van der Waals surface area contributed by atoms with Crippen molar-refractivity contribution >= 4 is 12.0 Å². The zero-order valence-electron chi connectivity index (χ0n) is 14.2. The predicted molar refractivity (Wildman–Crippen MR) is 95.8 cm³/mol. The van der Waals surface area contributed by atoms with Crippen LogP contribution in [0.3, 0.4) is 0 Å². The van der Waals surface area contributed by atoms with Crippen molar-refractivity contribution in [3.05, 3.63) is 77.2 Å². The van der Waals surface area contributed by atoms with Gasteiger partial charge in [0.05, 0.1) is 24.1 Å². The Hall–Kier alpha value is -3.64. The second-order valence-electron chi connectivity index (χ2n) is 6.73. The first-order chi connectivity index (χ1) is 13.0. The Morgan fingerprint density at radius 2 is 1.70 bits per heavy atom. The number of nitrogens with two attached hydrogens (primary N) is 1. The number of carbonyl (C=O) groups is 1. The number of carbonyl (C=O) groups excluding carboxylic acids is 1. The minimum absolute atomic E-state index is 0.143. The summed E-state index contributed by atoms with van der Waals surface area (Å²) in [6.07, 6.45) is 3.48. The number of fused-ring (bicyclic) bond motifs is 3. The fourth-order valence-electron chi connectivity index (χ4n) is 4.39. The van der Waals surface area contributed by atoms with Crippen molar-refractivity contribution in [2.75, 3.05) is 0 Å². The van der Waals surface area contributed by atoms with Crippen molar-refractivity contribution in [3.63, 3.8) is 0 Å². The summed E-state index contributed by atoms with van der Waals surface area (Å²) in [6, 6.07) is 15.8. The van der Waals surface area contributed by atoms with E-state index in [0.29, 0.717) is 0 Å². The normalized spacial score (nSPS) is 24.4. The molecule has 3 atom stereocenters. The molecule has 0 aromatic heterocycles. The van der Waals surface area contributed by atoms with E-state index in [0.717, 1.165) is 11.1 Å². The SMILES string of the molecule is N#CC1(C#N)C(c2ccccc2F)C(C(N)=O)N2C=Cc3ccccc3C21. The molecule has 0 aliphatic carbocycles. The fourth-order valence-corrected chi connectivity index (χ4v) is 4.39. The molecule has 0 bridgehead atoms. The van der Waals surface area contributed by atoms with Gasteiger partial charge in [0, 0.05) is 6.20 Å². The van der Waals surface area contributed by atoms with Crippen molar-refractivity contribution in [1.82, 2.24) is 4.90 Å². The van der Waals surface area contributed by atoms with Gasteiger partial charge >= 0.3 is 0 Å². The van der Waals surface area contributed by atoms with Crippen molar-refractivity contribution in [2.24, 2.45) is 11.1 Å². The van der Waals surface area contributed by atoms with E-state index in [9.17, 15) is 19.7 Å². The smallest absolute Gasteiger partial charge is 0.240 e. The summed E-state index contributed by atoms with van der Waals surface area (Å²) in [5.41, 5.74) is 5.74. The van der Waals surface area contributed by atoms with Crippen molar-refractivity contribution in [2.45, 2.75) is 18.0 Å². The van der Waals surface area contributed by atoms with Crippen LogP contribution in [0.2, 0.25) is 0 Å². The zero-order chi connectivity index (χ0) is 19.2. The Morgan fingerprint density at radius 1 is 1.07 bits per heavy atom. The van der Waals surface area contributed by atoms with Crippen molar-refractivity contribution < 1.29 is 9.18 Å². The largest absolute Gasteiger partial charge is 0.368 e. The standard InChI is InChI=1S/C21H15FN4O/c22-16-8-4-3-7-15(16)17-18(20(25)27)26-10-9-13-5-1-2-6-14(13)19(26)21(17,11-23)12-24/h1-10,17-19H,(H2,25,27). The topological polar surface area (TPSA) is 93.9 Å². The van der Waals surface area contributed by atoms with E-state index in [-0.39, 0.29) is 5.56 Å². The highest BCUT2D eigenvalue weighted by molar-refractivity contribution is 5.83. The monoisotopic (exact) mass is 358 g/mol. The molecule has 0 spiro atoms. The van der Waals surface area contributed by atoms with Crippen LogP contribution in [0.4, 0.5) is 4.39 Å². The molecule has 2 aromatic carbocycles. The number of amides is 1. The molecule has 0 radical (unpaired) electrons. The van der Waals surface area contributed by atoms with Crippen LogP contribution in [0.25, 0.3) is 6.08 Å². The fraction of sp³-hybridized carbons (Fsp3) is 0.190. The number of hydrogen-bond acceptors (Lipinski definition) is 4. The van der Waals surface area contributed by atoms with Crippen LogP contribution in [0.5, 0.6) is 0 Å². The van der Waals surface area contributed by atoms with E-state index in [1.54, 1.807) is 17.2 Å². The van der Waals surface area contributed by atoms with Crippen LogP contribution in [0.15, 0.2) is 54.7 Å². The molecule has 2 heterocycles. The van der Waals surface area contributed by atoms with Crippen LogP contribution in [-0.2, 0) is 4.79 Å². The van der Waals surface area contributed by atoms with Crippen LogP contribution in [0.1, 0.15) is 28.7 Å². The van der Waals surface area contributed by atoms with Gasteiger partial charge in [-0.1, -0.05) is 42.5 Å².